The van der Waals surface area contributed by atoms with Crippen molar-refractivity contribution in [3.8, 4) is 0 Å². The quantitative estimate of drug-likeness (QED) is 0.175. The highest BCUT2D eigenvalue weighted by Gasteiger charge is 2.33. The number of carbonyl (C=O) groups excluding carboxylic acids is 1. The molecule has 0 bridgehead atoms. The molecule has 10 heteroatoms. The molecular formula is C35H42F3N3O3S. The number of amides is 1. The van der Waals surface area contributed by atoms with E-state index in [0.717, 1.165) is 74.9 Å². The van der Waals surface area contributed by atoms with Crippen LogP contribution in [0.15, 0.2) is 77.7 Å². The van der Waals surface area contributed by atoms with Gasteiger partial charge in [0, 0.05) is 6.42 Å². The molecule has 6 nitrogen and oxygen atoms in total. The van der Waals surface area contributed by atoms with Crippen LogP contribution < -0.4 is 15.4 Å². The van der Waals surface area contributed by atoms with Gasteiger partial charge in [-0.25, -0.2) is 13.1 Å². The predicted molar refractivity (Wildman–Crippen MR) is 169 cm³/mol. The van der Waals surface area contributed by atoms with Crippen LogP contribution in [0.2, 0.25) is 0 Å². The molecule has 2 aliphatic carbocycles. The molecule has 45 heavy (non-hydrogen) atoms. The Morgan fingerprint density at radius 1 is 0.911 bits per heavy atom. The number of nitrogens with one attached hydrogen (secondary N) is 3. The summed E-state index contributed by atoms with van der Waals surface area (Å²) < 4.78 is 68.7. The van der Waals surface area contributed by atoms with Gasteiger partial charge in [0.05, 0.1) is 22.5 Å². The SMILES string of the molecule is O=C(CC(NS(=O)(=O)c1cccc(C(F)(F)F)c1)c1ccccc1)NC1CCCc2cc(CCCNCC3CCCC3)ccc21. The minimum atomic E-state index is -4.69. The van der Waals surface area contributed by atoms with E-state index in [-0.39, 0.29) is 18.4 Å². The number of halogens is 3. The topological polar surface area (TPSA) is 87.3 Å². The molecule has 0 aliphatic heterocycles. The van der Waals surface area contributed by atoms with Crippen LogP contribution in [0, 0.1) is 5.92 Å². The molecule has 2 unspecified atom stereocenters. The van der Waals surface area contributed by atoms with Crippen LogP contribution in [0.3, 0.4) is 0 Å². The van der Waals surface area contributed by atoms with E-state index in [1.54, 1.807) is 30.3 Å². The molecule has 5 rings (SSSR count). The molecule has 0 heterocycles. The number of hydrogen-bond donors (Lipinski definition) is 3. The van der Waals surface area contributed by atoms with Crippen molar-refractivity contribution in [2.75, 3.05) is 13.1 Å². The van der Waals surface area contributed by atoms with Crippen LogP contribution in [0.4, 0.5) is 13.2 Å². The molecule has 1 amide bonds. The van der Waals surface area contributed by atoms with Crippen molar-refractivity contribution >= 4 is 15.9 Å². The lowest BCUT2D eigenvalue weighted by atomic mass is 9.86. The lowest BCUT2D eigenvalue weighted by Gasteiger charge is -2.28. The summed E-state index contributed by atoms with van der Waals surface area (Å²) in [5.41, 5.74) is 3.08. The fourth-order valence-corrected chi connectivity index (χ4v) is 7.83. The van der Waals surface area contributed by atoms with Crippen LogP contribution in [-0.2, 0) is 33.8 Å². The number of rotatable bonds is 13. The van der Waals surface area contributed by atoms with Gasteiger partial charge in [-0.15, -0.1) is 0 Å². The minimum Gasteiger partial charge on any atom is -0.349 e. The molecule has 1 saturated carbocycles. The maximum Gasteiger partial charge on any atom is 0.416 e. The molecule has 2 aliphatic rings. The van der Waals surface area contributed by atoms with E-state index in [1.165, 1.54) is 36.8 Å². The standard InChI is InChI=1S/C35H42F3N3O3S/c36-35(37,38)29-15-7-16-30(22-29)45(43,44)41-33(27-12-2-1-3-13-27)23-34(42)40-32-17-6-14-28-21-25(18-19-31(28)32)11-8-20-39-24-26-9-4-5-10-26/h1-3,7,12-13,15-16,18-19,21-22,26,32-33,39,41H,4-6,8-11,14,17,20,23-24H2,(H,40,42). The molecule has 0 radical (unpaired) electrons. The summed E-state index contributed by atoms with van der Waals surface area (Å²) in [4.78, 5) is 12.9. The average molecular weight is 642 g/mol. The third-order valence-corrected chi connectivity index (χ3v) is 10.4. The Morgan fingerprint density at radius 3 is 2.44 bits per heavy atom. The molecule has 242 valence electrons. The third kappa shape index (κ3) is 9.17. The summed E-state index contributed by atoms with van der Waals surface area (Å²) in [6, 6.07) is 17.5. The first-order valence-electron chi connectivity index (χ1n) is 15.9. The van der Waals surface area contributed by atoms with Crippen LogP contribution in [0.1, 0.15) is 91.3 Å². The van der Waals surface area contributed by atoms with Crippen molar-refractivity contribution < 1.29 is 26.4 Å². The van der Waals surface area contributed by atoms with E-state index in [0.29, 0.717) is 11.6 Å². The Labute approximate surface area is 264 Å². The van der Waals surface area contributed by atoms with Crippen LogP contribution in [0.25, 0.3) is 0 Å². The Kier molecular flexibility index (Phi) is 11.0. The normalized spacial score (nSPS) is 18.0. The van der Waals surface area contributed by atoms with Gasteiger partial charge in [0.1, 0.15) is 0 Å². The van der Waals surface area contributed by atoms with Gasteiger partial charge in [-0.2, -0.15) is 13.2 Å². The molecule has 0 spiro atoms. The summed E-state index contributed by atoms with van der Waals surface area (Å²) in [6.45, 7) is 2.12. The number of aryl methyl sites for hydroxylation is 2. The van der Waals surface area contributed by atoms with Gasteiger partial charge in [0.15, 0.2) is 0 Å². The summed E-state index contributed by atoms with van der Waals surface area (Å²) >= 11 is 0. The molecule has 3 N–H and O–H groups in total. The zero-order valence-corrected chi connectivity index (χ0v) is 26.2. The third-order valence-electron chi connectivity index (χ3n) is 8.94. The molecule has 3 aromatic carbocycles. The highest BCUT2D eigenvalue weighted by atomic mass is 32.2. The largest absolute Gasteiger partial charge is 0.416 e. The number of hydrogen-bond acceptors (Lipinski definition) is 4. The zero-order chi connectivity index (χ0) is 31.9. The van der Waals surface area contributed by atoms with Crippen LogP contribution >= 0.6 is 0 Å². The fourth-order valence-electron chi connectivity index (χ4n) is 6.56. The van der Waals surface area contributed by atoms with E-state index >= 15 is 0 Å². The van der Waals surface area contributed by atoms with Crippen molar-refractivity contribution in [2.24, 2.45) is 5.92 Å². The molecule has 3 aromatic rings. The second-order valence-electron chi connectivity index (χ2n) is 12.3. The number of alkyl halides is 3. The summed E-state index contributed by atoms with van der Waals surface area (Å²) in [7, 11) is -4.37. The monoisotopic (exact) mass is 641 g/mol. The van der Waals surface area contributed by atoms with E-state index in [9.17, 15) is 26.4 Å². The summed E-state index contributed by atoms with van der Waals surface area (Å²) in [5.74, 6) is 0.491. The van der Waals surface area contributed by atoms with Gasteiger partial charge >= 0.3 is 6.18 Å². The Morgan fingerprint density at radius 2 is 1.69 bits per heavy atom. The van der Waals surface area contributed by atoms with Gasteiger partial charge in [0.25, 0.3) is 0 Å². The number of carbonyl (C=O) groups is 1. The first kappa shape index (κ1) is 33.2. The van der Waals surface area contributed by atoms with Crippen molar-refractivity contribution in [2.45, 2.75) is 87.4 Å². The van der Waals surface area contributed by atoms with Gasteiger partial charge < -0.3 is 10.6 Å². The van der Waals surface area contributed by atoms with Gasteiger partial charge in [-0.05, 0) is 104 Å². The number of sulfonamides is 1. The van der Waals surface area contributed by atoms with Gasteiger partial charge in [-0.3, -0.25) is 4.79 Å². The highest BCUT2D eigenvalue weighted by Crippen LogP contribution is 2.33. The first-order valence-corrected chi connectivity index (χ1v) is 17.4. The Balaban J connectivity index is 1.22. The fraction of sp³-hybridized carbons (Fsp3) is 0.457. The highest BCUT2D eigenvalue weighted by molar-refractivity contribution is 7.89. The second kappa shape index (κ2) is 14.9. The van der Waals surface area contributed by atoms with E-state index in [2.05, 4.69) is 33.6 Å². The molecule has 0 aromatic heterocycles. The Bertz CT molecular complexity index is 1540. The number of benzene rings is 3. The van der Waals surface area contributed by atoms with E-state index < -0.39 is 32.7 Å². The van der Waals surface area contributed by atoms with Crippen molar-refractivity contribution in [1.29, 1.82) is 0 Å². The van der Waals surface area contributed by atoms with Crippen molar-refractivity contribution in [3.63, 3.8) is 0 Å². The maximum absolute atomic E-state index is 13.4. The maximum atomic E-state index is 13.4. The second-order valence-corrected chi connectivity index (χ2v) is 14.0. The molecular weight excluding hydrogens is 599 g/mol. The zero-order valence-electron chi connectivity index (χ0n) is 25.4. The molecule has 0 saturated heterocycles. The average Bonchev–Trinajstić information content (AvgIpc) is 3.54. The lowest BCUT2D eigenvalue weighted by molar-refractivity contribution is -0.137. The number of fused-ring (bicyclic) bond motifs is 1. The molecule has 1 fully saturated rings. The van der Waals surface area contributed by atoms with Crippen LogP contribution in [0.5, 0.6) is 0 Å². The lowest BCUT2D eigenvalue weighted by Crippen LogP contribution is -2.36. The Hall–Kier alpha value is -3.21. The van der Waals surface area contributed by atoms with E-state index in [1.807, 2.05) is 0 Å². The summed E-state index contributed by atoms with van der Waals surface area (Å²) in [5, 5.41) is 6.72. The molecule has 2 atom stereocenters. The first-order chi connectivity index (χ1) is 21.6. The van der Waals surface area contributed by atoms with Gasteiger partial charge in [0.2, 0.25) is 15.9 Å². The smallest absolute Gasteiger partial charge is 0.349 e. The van der Waals surface area contributed by atoms with Crippen molar-refractivity contribution in [1.82, 2.24) is 15.4 Å². The van der Waals surface area contributed by atoms with Gasteiger partial charge in [-0.1, -0.05) is 67.4 Å². The summed E-state index contributed by atoms with van der Waals surface area (Å²) in [6.07, 6.45) is 5.22. The minimum absolute atomic E-state index is 0.195. The van der Waals surface area contributed by atoms with Crippen LogP contribution in [-0.4, -0.2) is 27.4 Å². The van der Waals surface area contributed by atoms with Crippen molar-refractivity contribution in [3.05, 3.63) is 101 Å². The van der Waals surface area contributed by atoms with E-state index in [4.69, 9.17) is 0 Å². The predicted octanol–water partition coefficient (Wildman–Crippen LogP) is 7.02.